The molecule has 1 fully saturated rings. The molecule has 1 aliphatic rings. The SMILES string of the molecule is Clc1ccc(C=C2CCCCN2)cc1Cl. The quantitative estimate of drug-likeness (QED) is 0.781. The molecular formula is C12H13Cl2N. The summed E-state index contributed by atoms with van der Waals surface area (Å²) in [5.41, 5.74) is 2.40. The molecule has 0 saturated carbocycles. The second-order valence-corrected chi connectivity index (χ2v) is 4.54. The van der Waals surface area contributed by atoms with Crippen LogP contribution in [0.4, 0.5) is 0 Å². The Bertz CT molecular complexity index is 377. The summed E-state index contributed by atoms with van der Waals surface area (Å²) in [6.45, 7) is 1.08. The van der Waals surface area contributed by atoms with E-state index in [2.05, 4.69) is 11.4 Å². The van der Waals surface area contributed by atoms with Crippen molar-refractivity contribution >= 4 is 29.3 Å². The molecule has 1 aromatic rings. The van der Waals surface area contributed by atoms with Gasteiger partial charge in [-0.15, -0.1) is 0 Å². The first-order chi connectivity index (χ1) is 7.25. The van der Waals surface area contributed by atoms with Gasteiger partial charge in [0.05, 0.1) is 10.0 Å². The Morgan fingerprint density at radius 2 is 2.00 bits per heavy atom. The van der Waals surface area contributed by atoms with Crippen molar-refractivity contribution in [2.75, 3.05) is 6.54 Å². The molecule has 0 unspecified atom stereocenters. The van der Waals surface area contributed by atoms with Crippen LogP contribution in [0.25, 0.3) is 6.08 Å². The van der Waals surface area contributed by atoms with Crippen molar-refractivity contribution in [1.82, 2.24) is 5.32 Å². The number of nitrogens with one attached hydrogen (secondary N) is 1. The van der Waals surface area contributed by atoms with Crippen LogP contribution in [0.15, 0.2) is 23.9 Å². The molecule has 1 N–H and O–H groups in total. The number of hydrogen-bond donors (Lipinski definition) is 1. The number of benzene rings is 1. The van der Waals surface area contributed by atoms with Gasteiger partial charge in [0.2, 0.25) is 0 Å². The van der Waals surface area contributed by atoms with Gasteiger partial charge in [-0.05, 0) is 43.0 Å². The lowest BCUT2D eigenvalue weighted by atomic mass is 10.1. The van der Waals surface area contributed by atoms with Crippen LogP contribution in [0.3, 0.4) is 0 Å². The van der Waals surface area contributed by atoms with Crippen LogP contribution in [-0.2, 0) is 0 Å². The molecule has 2 rings (SSSR count). The van der Waals surface area contributed by atoms with Crippen molar-refractivity contribution in [3.05, 3.63) is 39.5 Å². The summed E-state index contributed by atoms with van der Waals surface area (Å²) in [7, 11) is 0. The Morgan fingerprint density at radius 3 is 2.67 bits per heavy atom. The first-order valence-corrected chi connectivity index (χ1v) is 5.91. The standard InChI is InChI=1S/C12H13Cl2N/c13-11-5-4-9(8-12(11)14)7-10-3-1-2-6-15-10/h4-5,7-8,15H,1-3,6H2. The second kappa shape index (κ2) is 4.91. The third kappa shape index (κ3) is 2.90. The van der Waals surface area contributed by atoms with Gasteiger partial charge in [0.15, 0.2) is 0 Å². The zero-order chi connectivity index (χ0) is 10.7. The number of halogens is 2. The van der Waals surface area contributed by atoms with Crippen LogP contribution in [0.5, 0.6) is 0 Å². The minimum absolute atomic E-state index is 0.607. The Kier molecular flexibility index (Phi) is 3.55. The van der Waals surface area contributed by atoms with E-state index in [1.165, 1.54) is 18.5 Å². The lowest BCUT2D eigenvalue weighted by molar-refractivity contribution is 0.592. The summed E-state index contributed by atoms with van der Waals surface area (Å²) >= 11 is 11.8. The number of rotatable bonds is 1. The summed E-state index contributed by atoms with van der Waals surface area (Å²) < 4.78 is 0. The third-order valence-electron chi connectivity index (χ3n) is 2.51. The fourth-order valence-electron chi connectivity index (χ4n) is 1.70. The molecule has 0 radical (unpaired) electrons. The molecule has 15 heavy (non-hydrogen) atoms. The molecule has 3 heteroatoms. The fraction of sp³-hybridized carbons (Fsp3) is 0.333. The maximum absolute atomic E-state index is 5.95. The summed E-state index contributed by atoms with van der Waals surface area (Å²) in [4.78, 5) is 0. The highest BCUT2D eigenvalue weighted by Gasteiger charge is 2.04. The van der Waals surface area contributed by atoms with E-state index in [-0.39, 0.29) is 0 Å². The second-order valence-electron chi connectivity index (χ2n) is 3.73. The van der Waals surface area contributed by atoms with Crippen LogP contribution in [0.2, 0.25) is 10.0 Å². The Labute approximate surface area is 100 Å². The zero-order valence-electron chi connectivity index (χ0n) is 8.39. The summed E-state index contributed by atoms with van der Waals surface area (Å²) in [6.07, 6.45) is 5.79. The lowest BCUT2D eigenvalue weighted by Crippen LogP contribution is -2.19. The van der Waals surface area contributed by atoms with E-state index in [4.69, 9.17) is 23.2 Å². The van der Waals surface area contributed by atoms with Crippen LogP contribution in [0, 0.1) is 0 Å². The van der Waals surface area contributed by atoms with Gasteiger partial charge >= 0.3 is 0 Å². The largest absolute Gasteiger partial charge is 0.388 e. The first kappa shape index (κ1) is 10.8. The summed E-state index contributed by atoms with van der Waals surface area (Å²) in [5.74, 6) is 0. The Balaban J connectivity index is 2.18. The van der Waals surface area contributed by atoms with Gasteiger partial charge in [-0.3, -0.25) is 0 Å². The molecule has 0 bridgehead atoms. The van der Waals surface area contributed by atoms with E-state index in [1.807, 2.05) is 18.2 Å². The number of piperidine rings is 1. The van der Waals surface area contributed by atoms with Gasteiger partial charge in [0.1, 0.15) is 0 Å². The molecular weight excluding hydrogens is 229 g/mol. The molecule has 0 aromatic heterocycles. The van der Waals surface area contributed by atoms with E-state index in [0.29, 0.717) is 10.0 Å². The van der Waals surface area contributed by atoms with Crippen LogP contribution >= 0.6 is 23.2 Å². The number of allylic oxidation sites excluding steroid dienone is 1. The Hall–Kier alpha value is -0.660. The fourth-order valence-corrected chi connectivity index (χ4v) is 2.01. The molecule has 1 aliphatic heterocycles. The first-order valence-electron chi connectivity index (χ1n) is 5.15. The van der Waals surface area contributed by atoms with Crippen molar-refractivity contribution in [3.8, 4) is 0 Å². The van der Waals surface area contributed by atoms with E-state index in [0.717, 1.165) is 18.5 Å². The molecule has 80 valence electrons. The average Bonchev–Trinajstić information content (AvgIpc) is 2.25. The molecule has 0 aliphatic carbocycles. The predicted molar refractivity (Wildman–Crippen MR) is 66.3 cm³/mol. The maximum Gasteiger partial charge on any atom is 0.0598 e. The summed E-state index contributed by atoms with van der Waals surface area (Å²) in [5, 5.41) is 4.61. The molecule has 0 atom stereocenters. The minimum atomic E-state index is 0.607. The third-order valence-corrected chi connectivity index (χ3v) is 3.25. The van der Waals surface area contributed by atoms with Crippen molar-refractivity contribution in [1.29, 1.82) is 0 Å². The van der Waals surface area contributed by atoms with Gasteiger partial charge in [-0.2, -0.15) is 0 Å². The van der Waals surface area contributed by atoms with E-state index < -0.39 is 0 Å². The highest BCUT2D eigenvalue weighted by atomic mass is 35.5. The minimum Gasteiger partial charge on any atom is -0.388 e. The van der Waals surface area contributed by atoms with Crippen LogP contribution in [0.1, 0.15) is 24.8 Å². The van der Waals surface area contributed by atoms with Gasteiger partial charge in [-0.1, -0.05) is 29.3 Å². The number of hydrogen-bond acceptors (Lipinski definition) is 1. The molecule has 0 amide bonds. The predicted octanol–water partition coefficient (Wildman–Crippen LogP) is 4.11. The van der Waals surface area contributed by atoms with Crippen LogP contribution < -0.4 is 5.32 Å². The Morgan fingerprint density at radius 1 is 1.13 bits per heavy atom. The average molecular weight is 242 g/mol. The van der Waals surface area contributed by atoms with Crippen molar-refractivity contribution in [2.45, 2.75) is 19.3 Å². The summed E-state index contributed by atoms with van der Waals surface area (Å²) in [6, 6.07) is 5.71. The highest BCUT2D eigenvalue weighted by molar-refractivity contribution is 6.42. The molecule has 1 saturated heterocycles. The molecule has 1 heterocycles. The smallest absolute Gasteiger partial charge is 0.0598 e. The van der Waals surface area contributed by atoms with E-state index in [1.54, 1.807) is 0 Å². The molecule has 1 aromatic carbocycles. The van der Waals surface area contributed by atoms with Gasteiger partial charge in [-0.25, -0.2) is 0 Å². The van der Waals surface area contributed by atoms with E-state index in [9.17, 15) is 0 Å². The van der Waals surface area contributed by atoms with Crippen LogP contribution in [-0.4, -0.2) is 6.54 Å². The zero-order valence-corrected chi connectivity index (χ0v) is 9.91. The van der Waals surface area contributed by atoms with E-state index >= 15 is 0 Å². The van der Waals surface area contributed by atoms with Gasteiger partial charge in [0, 0.05) is 12.2 Å². The maximum atomic E-state index is 5.95. The molecule has 0 spiro atoms. The van der Waals surface area contributed by atoms with Crippen molar-refractivity contribution < 1.29 is 0 Å². The van der Waals surface area contributed by atoms with Gasteiger partial charge < -0.3 is 5.32 Å². The van der Waals surface area contributed by atoms with Crippen molar-refractivity contribution in [3.63, 3.8) is 0 Å². The monoisotopic (exact) mass is 241 g/mol. The van der Waals surface area contributed by atoms with Crippen molar-refractivity contribution in [2.24, 2.45) is 0 Å². The highest BCUT2D eigenvalue weighted by Crippen LogP contribution is 2.24. The topological polar surface area (TPSA) is 12.0 Å². The lowest BCUT2D eigenvalue weighted by Gasteiger charge is -2.16. The normalized spacial score (nSPS) is 18.9. The van der Waals surface area contributed by atoms with Gasteiger partial charge in [0.25, 0.3) is 0 Å². The molecule has 1 nitrogen and oxygen atoms in total.